The first kappa shape index (κ1) is 14.2. The lowest BCUT2D eigenvalue weighted by molar-refractivity contribution is 0.0623. The van der Waals surface area contributed by atoms with Gasteiger partial charge in [0.1, 0.15) is 5.69 Å². The van der Waals surface area contributed by atoms with Crippen molar-refractivity contribution in [2.75, 3.05) is 26.2 Å². The van der Waals surface area contributed by atoms with Crippen LogP contribution in [0.25, 0.3) is 0 Å². The van der Waals surface area contributed by atoms with Crippen LogP contribution in [0, 0.1) is 0 Å². The van der Waals surface area contributed by atoms with Crippen molar-refractivity contribution in [3.05, 3.63) is 58.9 Å². The molecule has 21 heavy (non-hydrogen) atoms. The smallest absolute Gasteiger partial charge is 0.270 e. The van der Waals surface area contributed by atoms with Crippen molar-refractivity contribution in [2.24, 2.45) is 0 Å². The van der Waals surface area contributed by atoms with E-state index in [0.717, 1.165) is 32.7 Å². The maximum Gasteiger partial charge on any atom is 0.270 e. The Morgan fingerprint density at radius 1 is 1.14 bits per heavy atom. The number of piperazine rings is 1. The van der Waals surface area contributed by atoms with Crippen LogP contribution in [0.2, 0.25) is 5.02 Å². The highest BCUT2D eigenvalue weighted by atomic mass is 35.5. The van der Waals surface area contributed by atoms with Crippen molar-refractivity contribution in [1.29, 1.82) is 0 Å². The fourth-order valence-corrected chi connectivity index (χ4v) is 2.78. The molecule has 1 N–H and O–H groups in total. The average molecular weight is 304 g/mol. The lowest BCUT2D eigenvalue weighted by Gasteiger charge is -2.34. The fourth-order valence-electron chi connectivity index (χ4n) is 2.61. The SMILES string of the molecule is O=C(c1cc(Cl)c[nH]1)N1CCN(Cc2ccccc2)CC1. The molecule has 1 aromatic carbocycles. The average Bonchev–Trinajstić information content (AvgIpc) is 2.95. The zero-order valence-corrected chi connectivity index (χ0v) is 12.5. The molecule has 1 saturated heterocycles. The van der Waals surface area contributed by atoms with Crippen LogP contribution in [-0.4, -0.2) is 46.9 Å². The Morgan fingerprint density at radius 3 is 2.48 bits per heavy atom. The molecule has 1 amide bonds. The minimum Gasteiger partial charge on any atom is -0.356 e. The van der Waals surface area contributed by atoms with Gasteiger partial charge in [0.15, 0.2) is 0 Å². The summed E-state index contributed by atoms with van der Waals surface area (Å²) in [6.07, 6.45) is 1.64. The van der Waals surface area contributed by atoms with Crippen LogP contribution in [0.15, 0.2) is 42.6 Å². The number of carbonyl (C=O) groups is 1. The Morgan fingerprint density at radius 2 is 1.86 bits per heavy atom. The highest BCUT2D eigenvalue weighted by Crippen LogP contribution is 2.14. The summed E-state index contributed by atoms with van der Waals surface area (Å²) in [7, 11) is 0. The highest BCUT2D eigenvalue weighted by molar-refractivity contribution is 6.30. The number of hydrogen-bond acceptors (Lipinski definition) is 2. The highest BCUT2D eigenvalue weighted by Gasteiger charge is 2.22. The third kappa shape index (κ3) is 3.46. The maximum atomic E-state index is 12.3. The Balaban J connectivity index is 1.54. The molecule has 1 aliphatic rings. The van der Waals surface area contributed by atoms with E-state index in [9.17, 15) is 4.79 Å². The van der Waals surface area contributed by atoms with Gasteiger partial charge in [-0.25, -0.2) is 0 Å². The molecule has 3 rings (SSSR count). The molecule has 0 bridgehead atoms. The number of aromatic amines is 1. The molecule has 0 radical (unpaired) electrons. The molecule has 4 nitrogen and oxygen atoms in total. The van der Waals surface area contributed by atoms with Gasteiger partial charge in [0.2, 0.25) is 0 Å². The summed E-state index contributed by atoms with van der Waals surface area (Å²) in [6, 6.07) is 12.1. The number of aromatic nitrogens is 1. The van der Waals surface area contributed by atoms with Gasteiger partial charge in [-0.2, -0.15) is 0 Å². The quantitative estimate of drug-likeness (QED) is 0.947. The van der Waals surface area contributed by atoms with E-state index in [1.165, 1.54) is 5.56 Å². The number of halogens is 1. The van der Waals surface area contributed by atoms with Crippen LogP contribution in [0.5, 0.6) is 0 Å². The van der Waals surface area contributed by atoms with Crippen molar-refractivity contribution in [2.45, 2.75) is 6.54 Å². The second kappa shape index (κ2) is 6.33. The number of amides is 1. The molecule has 1 aromatic heterocycles. The summed E-state index contributed by atoms with van der Waals surface area (Å²) < 4.78 is 0. The van der Waals surface area contributed by atoms with Crippen molar-refractivity contribution in [1.82, 2.24) is 14.8 Å². The fraction of sp³-hybridized carbons (Fsp3) is 0.312. The van der Waals surface area contributed by atoms with Gasteiger partial charge in [-0.1, -0.05) is 41.9 Å². The number of hydrogen-bond donors (Lipinski definition) is 1. The second-order valence-electron chi connectivity index (χ2n) is 5.29. The van der Waals surface area contributed by atoms with Gasteiger partial charge in [0, 0.05) is 38.9 Å². The number of rotatable bonds is 3. The summed E-state index contributed by atoms with van der Waals surface area (Å²) in [6.45, 7) is 4.24. The monoisotopic (exact) mass is 303 g/mol. The van der Waals surface area contributed by atoms with Gasteiger partial charge in [0.25, 0.3) is 5.91 Å². The van der Waals surface area contributed by atoms with E-state index < -0.39 is 0 Å². The van der Waals surface area contributed by atoms with Crippen LogP contribution < -0.4 is 0 Å². The van der Waals surface area contributed by atoms with E-state index in [2.05, 4.69) is 34.1 Å². The van der Waals surface area contributed by atoms with E-state index in [1.54, 1.807) is 12.3 Å². The van der Waals surface area contributed by atoms with E-state index >= 15 is 0 Å². The van der Waals surface area contributed by atoms with Crippen molar-refractivity contribution >= 4 is 17.5 Å². The van der Waals surface area contributed by atoms with Crippen LogP contribution >= 0.6 is 11.6 Å². The van der Waals surface area contributed by atoms with Crippen LogP contribution in [-0.2, 0) is 6.54 Å². The molecule has 5 heteroatoms. The first-order valence-corrected chi connectivity index (χ1v) is 7.49. The number of nitrogens with zero attached hydrogens (tertiary/aromatic N) is 2. The minimum atomic E-state index is 0.0289. The molecule has 0 atom stereocenters. The summed E-state index contributed by atoms with van der Waals surface area (Å²) in [4.78, 5) is 19.5. The third-order valence-electron chi connectivity index (χ3n) is 3.79. The van der Waals surface area contributed by atoms with E-state index in [-0.39, 0.29) is 5.91 Å². The summed E-state index contributed by atoms with van der Waals surface area (Å²) in [5.74, 6) is 0.0289. The molecule has 1 aliphatic heterocycles. The van der Waals surface area contributed by atoms with Crippen LogP contribution in [0.3, 0.4) is 0 Å². The Hall–Kier alpha value is -1.78. The van der Waals surface area contributed by atoms with Crippen molar-refractivity contribution in [3.63, 3.8) is 0 Å². The second-order valence-corrected chi connectivity index (χ2v) is 5.72. The van der Waals surface area contributed by atoms with Crippen LogP contribution in [0.1, 0.15) is 16.1 Å². The lowest BCUT2D eigenvalue weighted by Crippen LogP contribution is -2.48. The Labute approximate surface area is 129 Å². The van der Waals surface area contributed by atoms with Gasteiger partial charge in [-0.15, -0.1) is 0 Å². The van der Waals surface area contributed by atoms with E-state index in [0.29, 0.717) is 10.7 Å². The molecular formula is C16H18ClN3O. The maximum absolute atomic E-state index is 12.3. The predicted octanol–water partition coefficient (Wildman–Crippen LogP) is 2.63. The van der Waals surface area contributed by atoms with Gasteiger partial charge in [-0.05, 0) is 11.6 Å². The predicted molar refractivity (Wildman–Crippen MR) is 83.4 cm³/mol. The summed E-state index contributed by atoms with van der Waals surface area (Å²) >= 11 is 5.85. The summed E-state index contributed by atoms with van der Waals surface area (Å²) in [5, 5.41) is 0.570. The molecule has 0 spiro atoms. The number of nitrogens with one attached hydrogen (secondary N) is 1. The van der Waals surface area contributed by atoms with Crippen molar-refractivity contribution in [3.8, 4) is 0 Å². The molecular weight excluding hydrogens is 286 g/mol. The Kier molecular flexibility index (Phi) is 4.27. The van der Waals surface area contributed by atoms with Crippen molar-refractivity contribution < 1.29 is 4.79 Å². The van der Waals surface area contributed by atoms with Crippen LogP contribution in [0.4, 0.5) is 0 Å². The standard InChI is InChI=1S/C16H18ClN3O/c17-14-10-15(18-11-14)16(21)20-8-6-19(7-9-20)12-13-4-2-1-3-5-13/h1-5,10-11,18H,6-9,12H2. The molecule has 0 saturated carbocycles. The van der Waals surface area contributed by atoms with Gasteiger partial charge in [0.05, 0.1) is 5.02 Å². The molecule has 0 unspecified atom stereocenters. The molecule has 2 aromatic rings. The van der Waals surface area contributed by atoms with Gasteiger partial charge < -0.3 is 9.88 Å². The minimum absolute atomic E-state index is 0.0289. The first-order chi connectivity index (χ1) is 10.2. The number of H-pyrrole nitrogens is 1. The molecule has 110 valence electrons. The van der Waals surface area contributed by atoms with Gasteiger partial charge >= 0.3 is 0 Å². The molecule has 0 aliphatic carbocycles. The lowest BCUT2D eigenvalue weighted by atomic mass is 10.2. The molecule has 2 heterocycles. The topological polar surface area (TPSA) is 39.3 Å². The first-order valence-electron chi connectivity index (χ1n) is 7.12. The third-order valence-corrected chi connectivity index (χ3v) is 4.00. The normalized spacial score (nSPS) is 16.1. The largest absolute Gasteiger partial charge is 0.356 e. The van der Waals surface area contributed by atoms with E-state index in [1.807, 2.05) is 11.0 Å². The molecule has 1 fully saturated rings. The Bertz CT molecular complexity index is 603. The van der Waals surface area contributed by atoms with Gasteiger partial charge in [-0.3, -0.25) is 9.69 Å². The zero-order valence-electron chi connectivity index (χ0n) is 11.8. The number of benzene rings is 1. The zero-order chi connectivity index (χ0) is 14.7. The number of carbonyl (C=O) groups excluding carboxylic acids is 1. The van der Waals surface area contributed by atoms with E-state index in [4.69, 9.17) is 11.6 Å². The summed E-state index contributed by atoms with van der Waals surface area (Å²) in [5.41, 5.74) is 1.88.